The van der Waals surface area contributed by atoms with Crippen molar-refractivity contribution in [1.82, 2.24) is 0 Å². The summed E-state index contributed by atoms with van der Waals surface area (Å²) in [5.41, 5.74) is 1.05. The van der Waals surface area contributed by atoms with Crippen LogP contribution in [0.3, 0.4) is 0 Å². The van der Waals surface area contributed by atoms with Crippen molar-refractivity contribution in [2.45, 2.75) is 11.8 Å². The number of aryl methyl sites for hydroxylation is 1. The van der Waals surface area contributed by atoms with Gasteiger partial charge in [-0.05, 0) is 12.5 Å². The average molecular weight is 181 g/mol. The summed E-state index contributed by atoms with van der Waals surface area (Å²) in [6.45, 7) is 1.94. The number of hydrogen-bond acceptors (Lipinski definition) is 1. The Morgan fingerprint density at radius 1 is 1.40 bits per heavy atom. The van der Waals surface area contributed by atoms with Gasteiger partial charge in [-0.2, -0.15) is 4.90 Å². The average Bonchev–Trinajstić information content (AvgIpc) is 1.83. The second kappa shape index (κ2) is 4.58. The van der Waals surface area contributed by atoms with Gasteiger partial charge in [-0.3, -0.25) is 0 Å². The van der Waals surface area contributed by atoms with Crippen molar-refractivity contribution in [3.05, 3.63) is 28.8 Å². The molecule has 0 amide bonds. The smallest absolute Gasteiger partial charge is 0.778 e. The van der Waals surface area contributed by atoms with E-state index in [1.165, 1.54) is 0 Å². The normalized spacial score (nSPS) is 8.60. The van der Waals surface area contributed by atoms with Crippen molar-refractivity contribution in [2.75, 3.05) is 0 Å². The SMILES string of the molecule is Cc1cccc([S-])c1Cl.[Na+]. The van der Waals surface area contributed by atoms with Gasteiger partial charge in [0.15, 0.2) is 0 Å². The molecule has 0 radical (unpaired) electrons. The van der Waals surface area contributed by atoms with Crippen LogP contribution in [-0.2, 0) is 12.6 Å². The van der Waals surface area contributed by atoms with Crippen molar-refractivity contribution >= 4 is 24.2 Å². The summed E-state index contributed by atoms with van der Waals surface area (Å²) in [6.07, 6.45) is 0. The minimum absolute atomic E-state index is 0. The van der Waals surface area contributed by atoms with Gasteiger partial charge in [0.05, 0.1) is 0 Å². The number of benzene rings is 1. The van der Waals surface area contributed by atoms with E-state index in [4.69, 9.17) is 24.2 Å². The Hall–Kier alpha value is 0.730. The molecule has 0 N–H and O–H groups in total. The molecular weight excluding hydrogens is 175 g/mol. The van der Waals surface area contributed by atoms with Crippen molar-refractivity contribution in [2.24, 2.45) is 0 Å². The van der Waals surface area contributed by atoms with E-state index in [1.807, 2.05) is 25.1 Å². The van der Waals surface area contributed by atoms with Crippen LogP contribution in [0.15, 0.2) is 23.1 Å². The Morgan fingerprint density at radius 3 is 2.40 bits per heavy atom. The maximum absolute atomic E-state index is 5.77. The molecule has 0 nitrogen and oxygen atoms in total. The molecule has 1 aromatic rings. The van der Waals surface area contributed by atoms with E-state index >= 15 is 0 Å². The maximum Gasteiger partial charge on any atom is 1.00 e. The summed E-state index contributed by atoms with van der Waals surface area (Å²) in [4.78, 5) is 0.733. The van der Waals surface area contributed by atoms with Crippen LogP contribution < -0.4 is 29.6 Å². The van der Waals surface area contributed by atoms with E-state index in [1.54, 1.807) is 0 Å². The second-order valence-corrected chi connectivity index (χ2v) is 2.70. The molecule has 0 aliphatic carbocycles. The summed E-state index contributed by atoms with van der Waals surface area (Å²) in [7, 11) is 0. The van der Waals surface area contributed by atoms with Gasteiger partial charge in [0.2, 0.25) is 0 Å². The fraction of sp³-hybridized carbons (Fsp3) is 0.143. The molecular formula is C7H6ClNaS. The van der Waals surface area contributed by atoms with Crippen LogP contribution in [0, 0.1) is 6.92 Å². The third kappa shape index (κ3) is 2.40. The summed E-state index contributed by atoms with van der Waals surface area (Å²) in [6, 6.07) is 5.67. The molecule has 0 aromatic heterocycles. The molecule has 1 rings (SSSR count). The van der Waals surface area contributed by atoms with Crippen molar-refractivity contribution in [1.29, 1.82) is 0 Å². The van der Waals surface area contributed by atoms with Crippen LogP contribution >= 0.6 is 11.6 Å². The topological polar surface area (TPSA) is 0 Å². The predicted molar refractivity (Wildman–Crippen MR) is 41.8 cm³/mol. The Morgan fingerprint density at radius 2 is 2.00 bits per heavy atom. The number of rotatable bonds is 0. The van der Waals surface area contributed by atoms with Crippen LogP contribution in [0.1, 0.15) is 5.56 Å². The van der Waals surface area contributed by atoms with Crippen LogP contribution in [0.4, 0.5) is 0 Å². The molecule has 0 saturated heterocycles. The molecule has 0 aliphatic heterocycles. The molecule has 1 aromatic carbocycles. The first-order valence-corrected chi connectivity index (χ1v) is 3.42. The van der Waals surface area contributed by atoms with Gasteiger partial charge in [-0.15, -0.1) is 0 Å². The summed E-state index contributed by atoms with van der Waals surface area (Å²) in [5.74, 6) is 0. The molecule has 0 bridgehead atoms. The molecule has 0 heterocycles. The summed E-state index contributed by atoms with van der Waals surface area (Å²) in [5, 5.41) is 0.701. The van der Waals surface area contributed by atoms with Gasteiger partial charge in [0.1, 0.15) is 0 Å². The molecule has 0 aliphatic rings. The second-order valence-electron chi connectivity index (χ2n) is 1.89. The monoisotopic (exact) mass is 180 g/mol. The van der Waals surface area contributed by atoms with Crippen molar-refractivity contribution in [3.8, 4) is 0 Å². The Bertz CT molecular complexity index is 205. The molecule has 0 spiro atoms. The molecule has 3 heteroatoms. The molecule has 0 unspecified atom stereocenters. The van der Waals surface area contributed by atoms with Crippen LogP contribution in [0.25, 0.3) is 0 Å². The van der Waals surface area contributed by atoms with Crippen LogP contribution in [0.5, 0.6) is 0 Å². The first-order valence-electron chi connectivity index (χ1n) is 2.64. The van der Waals surface area contributed by atoms with Gasteiger partial charge >= 0.3 is 29.6 Å². The Kier molecular flexibility index (Phi) is 4.91. The molecule has 0 fully saturated rings. The van der Waals surface area contributed by atoms with E-state index in [9.17, 15) is 0 Å². The third-order valence-corrected chi connectivity index (χ3v) is 2.11. The van der Waals surface area contributed by atoms with E-state index in [0.29, 0.717) is 5.02 Å². The quantitative estimate of drug-likeness (QED) is 0.385. The van der Waals surface area contributed by atoms with E-state index in [-0.39, 0.29) is 29.6 Å². The number of hydrogen-bond donors (Lipinski definition) is 0. The predicted octanol–water partition coefficient (Wildman–Crippen LogP) is -0.442. The summed E-state index contributed by atoms with van der Waals surface area (Å²) < 4.78 is 0. The zero-order valence-corrected chi connectivity index (χ0v) is 9.59. The molecule has 0 saturated carbocycles. The first-order chi connectivity index (χ1) is 4.22. The van der Waals surface area contributed by atoms with Crippen LogP contribution in [-0.4, -0.2) is 0 Å². The van der Waals surface area contributed by atoms with E-state index in [2.05, 4.69) is 0 Å². The van der Waals surface area contributed by atoms with Crippen molar-refractivity contribution < 1.29 is 29.6 Å². The molecule has 10 heavy (non-hydrogen) atoms. The maximum atomic E-state index is 5.77. The Labute approximate surface area is 93.7 Å². The zero-order chi connectivity index (χ0) is 6.85. The minimum atomic E-state index is 0. The number of halogens is 1. The molecule has 0 atom stereocenters. The van der Waals surface area contributed by atoms with Gasteiger partial charge in [0, 0.05) is 5.02 Å². The van der Waals surface area contributed by atoms with Crippen LogP contribution in [0.2, 0.25) is 5.02 Å². The Balaban J connectivity index is 0.000000810. The van der Waals surface area contributed by atoms with E-state index in [0.717, 1.165) is 10.5 Å². The van der Waals surface area contributed by atoms with Gasteiger partial charge in [-0.1, -0.05) is 29.8 Å². The van der Waals surface area contributed by atoms with Gasteiger partial charge < -0.3 is 12.6 Å². The fourth-order valence-electron chi connectivity index (χ4n) is 0.621. The molecule has 48 valence electrons. The fourth-order valence-corrected chi connectivity index (χ4v) is 0.986. The van der Waals surface area contributed by atoms with Crippen molar-refractivity contribution in [3.63, 3.8) is 0 Å². The first kappa shape index (κ1) is 10.7. The minimum Gasteiger partial charge on any atom is -0.778 e. The van der Waals surface area contributed by atoms with E-state index < -0.39 is 0 Å². The van der Waals surface area contributed by atoms with Gasteiger partial charge in [0.25, 0.3) is 0 Å². The largest absolute Gasteiger partial charge is 1.00 e. The standard InChI is InChI=1S/C7H7ClS.Na/c1-5-3-2-4-6(9)7(5)8;/h2-4,9H,1H3;/q;+1/p-1. The third-order valence-electron chi connectivity index (χ3n) is 1.16. The summed E-state index contributed by atoms with van der Waals surface area (Å²) >= 11 is 10.7. The zero-order valence-electron chi connectivity index (χ0n) is 6.02. The van der Waals surface area contributed by atoms with Gasteiger partial charge in [-0.25, -0.2) is 0 Å².